The average molecular weight is 409 g/mol. The molecule has 0 saturated heterocycles. The molecule has 0 aliphatic heterocycles. The van der Waals surface area contributed by atoms with E-state index in [2.05, 4.69) is 5.10 Å². The van der Waals surface area contributed by atoms with E-state index in [4.69, 9.17) is 0 Å². The second-order valence-corrected chi connectivity index (χ2v) is 5.98. The SMILES string of the molecule is Cc1cc(=O)c(C(=O)Nc2c(F)cccc2F)nn1-c1ccccc1C(F)(F)F. The Bertz CT molecular complexity index is 1140. The second-order valence-electron chi connectivity index (χ2n) is 5.98. The number of para-hydroxylation sites is 2. The Kier molecular flexibility index (Phi) is 5.19. The van der Waals surface area contributed by atoms with Crippen LogP contribution >= 0.6 is 0 Å². The van der Waals surface area contributed by atoms with Gasteiger partial charge in [-0.05, 0) is 31.2 Å². The van der Waals surface area contributed by atoms with Gasteiger partial charge in [-0.2, -0.15) is 18.3 Å². The first kappa shape index (κ1) is 20.2. The Morgan fingerprint density at radius 3 is 2.28 bits per heavy atom. The van der Waals surface area contributed by atoms with Crippen molar-refractivity contribution in [1.29, 1.82) is 0 Å². The van der Waals surface area contributed by atoms with Crippen molar-refractivity contribution in [3.05, 3.63) is 87.3 Å². The quantitative estimate of drug-likeness (QED) is 0.663. The van der Waals surface area contributed by atoms with Gasteiger partial charge in [0.15, 0.2) is 5.69 Å². The number of nitrogens with zero attached hydrogens (tertiary/aromatic N) is 2. The van der Waals surface area contributed by atoms with Gasteiger partial charge in [-0.15, -0.1) is 0 Å². The molecule has 3 rings (SSSR count). The van der Waals surface area contributed by atoms with E-state index >= 15 is 0 Å². The minimum absolute atomic E-state index is 0.0281. The number of aromatic nitrogens is 2. The van der Waals surface area contributed by atoms with Gasteiger partial charge in [0.1, 0.15) is 17.3 Å². The highest BCUT2D eigenvalue weighted by Gasteiger charge is 2.34. The molecule has 0 aliphatic rings. The highest BCUT2D eigenvalue weighted by Crippen LogP contribution is 2.33. The molecule has 1 N–H and O–H groups in total. The van der Waals surface area contributed by atoms with Crippen LogP contribution in [-0.4, -0.2) is 15.7 Å². The second kappa shape index (κ2) is 7.46. The van der Waals surface area contributed by atoms with Gasteiger partial charge in [0.05, 0.1) is 11.3 Å². The third-order valence-electron chi connectivity index (χ3n) is 3.96. The Balaban J connectivity index is 2.11. The van der Waals surface area contributed by atoms with Gasteiger partial charge in [0.2, 0.25) is 5.43 Å². The predicted molar refractivity (Wildman–Crippen MR) is 93.9 cm³/mol. The standard InChI is InChI=1S/C19H12F5N3O2/c1-10-9-15(28)17(18(29)25-16-12(20)6-4-7-13(16)21)26-27(10)14-8-3-2-5-11(14)19(22,23)24/h2-9H,1H3,(H,25,29). The topological polar surface area (TPSA) is 64.0 Å². The largest absolute Gasteiger partial charge is 0.418 e. The minimum Gasteiger partial charge on any atom is -0.316 e. The van der Waals surface area contributed by atoms with Gasteiger partial charge in [-0.3, -0.25) is 9.59 Å². The number of benzene rings is 2. The summed E-state index contributed by atoms with van der Waals surface area (Å²) in [6.07, 6.45) is -4.72. The highest BCUT2D eigenvalue weighted by atomic mass is 19.4. The third kappa shape index (κ3) is 4.00. The summed E-state index contributed by atoms with van der Waals surface area (Å²) in [5, 5.41) is 5.61. The summed E-state index contributed by atoms with van der Waals surface area (Å²) in [6.45, 7) is 1.33. The molecule has 0 unspecified atom stereocenters. The monoisotopic (exact) mass is 409 g/mol. The Labute approximate surface area is 160 Å². The maximum atomic E-state index is 13.7. The highest BCUT2D eigenvalue weighted by molar-refractivity contribution is 6.02. The number of hydrogen-bond donors (Lipinski definition) is 1. The van der Waals surface area contributed by atoms with Gasteiger partial charge >= 0.3 is 6.18 Å². The molecule has 0 aliphatic carbocycles. The molecule has 0 atom stereocenters. The molecular formula is C19H12F5N3O2. The molecule has 1 heterocycles. The van der Waals surface area contributed by atoms with Gasteiger partial charge in [0, 0.05) is 11.8 Å². The molecule has 0 spiro atoms. The van der Waals surface area contributed by atoms with E-state index in [1.807, 2.05) is 5.32 Å². The van der Waals surface area contributed by atoms with Crippen LogP contribution in [0.5, 0.6) is 0 Å². The molecule has 10 heteroatoms. The van der Waals surface area contributed by atoms with E-state index in [1.54, 1.807) is 0 Å². The maximum absolute atomic E-state index is 13.7. The van der Waals surface area contributed by atoms with E-state index in [9.17, 15) is 31.5 Å². The van der Waals surface area contributed by atoms with Crippen molar-refractivity contribution in [1.82, 2.24) is 9.78 Å². The number of carbonyl (C=O) groups excluding carboxylic acids is 1. The Hall–Kier alpha value is -3.56. The number of rotatable bonds is 3. The molecule has 5 nitrogen and oxygen atoms in total. The van der Waals surface area contributed by atoms with E-state index < -0.39 is 51.8 Å². The Morgan fingerprint density at radius 2 is 1.66 bits per heavy atom. The van der Waals surface area contributed by atoms with Gasteiger partial charge < -0.3 is 5.32 Å². The zero-order valence-electron chi connectivity index (χ0n) is 14.7. The molecule has 0 radical (unpaired) electrons. The summed E-state index contributed by atoms with van der Waals surface area (Å²) in [5.74, 6) is -3.45. The minimum atomic E-state index is -4.72. The molecule has 3 aromatic rings. The molecule has 2 aromatic carbocycles. The number of alkyl halides is 3. The lowest BCUT2D eigenvalue weighted by Crippen LogP contribution is -2.28. The number of amides is 1. The van der Waals surface area contributed by atoms with Gasteiger partial charge in [0.25, 0.3) is 5.91 Å². The van der Waals surface area contributed by atoms with Crippen LogP contribution in [-0.2, 0) is 6.18 Å². The summed E-state index contributed by atoms with van der Waals surface area (Å²) in [7, 11) is 0. The zero-order chi connectivity index (χ0) is 21.3. The van der Waals surface area contributed by atoms with Crippen LogP contribution in [0.25, 0.3) is 5.69 Å². The maximum Gasteiger partial charge on any atom is 0.418 e. The van der Waals surface area contributed by atoms with Gasteiger partial charge in [-0.25, -0.2) is 13.5 Å². The number of anilines is 1. The lowest BCUT2D eigenvalue weighted by molar-refractivity contribution is -0.137. The van der Waals surface area contributed by atoms with Crippen molar-refractivity contribution in [2.45, 2.75) is 13.1 Å². The summed E-state index contributed by atoms with van der Waals surface area (Å²) in [6, 6.07) is 8.21. The number of aryl methyl sites for hydroxylation is 1. The van der Waals surface area contributed by atoms with Crippen LogP contribution in [0.15, 0.2) is 53.3 Å². The molecule has 1 aromatic heterocycles. The number of carbonyl (C=O) groups is 1. The first-order valence-corrected chi connectivity index (χ1v) is 8.12. The van der Waals surface area contributed by atoms with Crippen molar-refractivity contribution < 1.29 is 26.7 Å². The fraction of sp³-hybridized carbons (Fsp3) is 0.105. The lowest BCUT2D eigenvalue weighted by Gasteiger charge is -2.16. The summed E-state index contributed by atoms with van der Waals surface area (Å²) in [4.78, 5) is 24.5. The number of hydrogen-bond acceptors (Lipinski definition) is 3. The van der Waals surface area contributed by atoms with E-state index in [1.165, 1.54) is 19.1 Å². The number of halogens is 5. The predicted octanol–water partition coefficient (Wildman–Crippen LogP) is 4.09. The number of nitrogens with one attached hydrogen (secondary N) is 1. The van der Waals surface area contributed by atoms with E-state index in [-0.39, 0.29) is 5.69 Å². The van der Waals surface area contributed by atoms with Crippen LogP contribution in [0, 0.1) is 18.6 Å². The smallest absolute Gasteiger partial charge is 0.316 e. The lowest BCUT2D eigenvalue weighted by atomic mass is 10.1. The molecular weight excluding hydrogens is 397 g/mol. The van der Waals surface area contributed by atoms with Crippen LogP contribution in [0.1, 0.15) is 21.7 Å². The fourth-order valence-corrected chi connectivity index (χ4v) is 2.64. The molecule has 150 valence electrons. The first-order valence-electron chi connectivity index (χ1n) is 8.12. The fourth-order valence-electron chi connectivity index (χ4n) is 2.64. The van der Waals surface area contributed by atoms with Crippen LogP contribution in [0.4, 0.5) is 27.6 Å². The van der Waals surface area contributed by atoms with Crippen LogP contribution < -0.4 is 10.7 Å². The summed E-state index contributed by atoms with van der Waals surface area (Å²) in [5.41, 5.74) is -3.97. The molecule has 29 heavy (non-hydrogen) atoms. The van der Waals surface area contributed by atoms with Gasteiger partial charge in [-0.1, -0.05) is 18.2 Å². The van der Waals surface area contributed by atoms with Crippen molar-refractivity contribution >= 4 is 11.6 Å². The summed E-state index contributed by atoms with van der Waals surface area (Å²) >= 11 is 0. The van der Waals surface area contributed by atoms with Crippen molar-refractivity contribution in [3.8, 4) is 5.69 Å². The normalized spacial score (nSPS) is 11.4. The third-order valence-corrected chi connectivity index (χ3v) is 3.96. The van der Waals surface area contributed by atoms with Crippen LogP contribution in [0.3, 0.4) is 0 Å². The first-order chi connectivity index (χ1) is 13.6. The van der Waals surface area contributed by atoms with E-state index in [0.717, 1.165) is 41.1 Å². The molecule has 0 fully saturated rings. The van der Waals surface area contributed by atoms with Crippen molar-refractivity contribution in [3.63, 3.8) is 0 Å². The zero-order valence-corrected chi connectivity index (χ0v) is 14.7. The average Bonchev–Trinajstić information content (AvgIpc) is 2.64. The van der Waals surface area contributed by atoms with Crippen molar-refractivity contribution in [2.75, 3.05) is 5.32 Å². The molecule has 0 saturated carbocycles. The van der Waals surface area contributed by atoms with Crippen LogP contribution in [0.2, 0.25) is 0 Å². The molecule has 0 bridgehead atoms. The summed E-state index contributed by atoms with van der Waals surface area (Å²) < 4.78 is 68.2. The molecule has 1 amide bonds. The van der Waals surface area contributed by atoms with E-state index in [0.29, 0.717) is 0 Å². The van der Waals surface area contributed by atoms with Crippen molar-refractivity contribution in [2.24, 2.45) is 0 Å². The Morgan fingerprint density at radius 1 is 1.03 bits per heavy atom.